The first-order valence-electron chi connectivity index (χ1n) is 10.6. The van der Waals surface area contributed by atoms with Gasteiger partial charge in [0.2, 0.25) is 0 Å². The monoisotopic (exact) mass is 461 g/mol. The highest BCUT2D eigenvalue weighted by Crippen LogP contribution is 2.13. The number of rotatable bonds is 12. The van der Waals surface area contributed by atoms with Crippen LogP contribution in [0.1, 0.15) is 33.4 Å². The third kappa shape index (κ3) is 6.94. The summed E-state index contributed by atoms with van der Waals surface area (Å²) in [5, 5.41) is 5.35. The van der Waals surface area contributed by atoms with E-state index in [0.717, 1.165) is 55.6 Å². The lowest BCUT2D eigenvalue weighted by molar-refractivity contribution is 0.284. The Hall–Kier alpha value is -2.11. The maximum Gasteiger partial charge on any atom is 0.00888 e. The van der Waals surface area contributed by atoms with Crippen LogP contribution in [0.15, 0.2) is 72.8 Å². The molecule has 31 heavy (non-hydrogen) atoms. The molecule has 0 fully saturated rings. The molecule has 0 aliphatic carbocycles. The van der Waals surface area contributed by atoms with Gasteiger partial charge in [-0.1, -0.05) is 109 Å². The average Bonchev–Trinajstić information content (AvgIpc) is 2.84. The van der Waals surface area contributed by atoms with Crippen molar-refractivity contribution in [1.29, 1.82) is 0 Å². The van der Waals surface area contributed by atoms with Gasteiger partial charge >= 0.3 is 0 Å². The molecule has 3 aromatic carbocycles. The van der Waals surface area contributed by atoms with Crippen molar-refractivity contribution in [2.75, 3.05) is 19.6 Å². The zero-order valence-corrected chi connectivity index (χ0v) is 20.0. The van der Waals surface area contributed by atoms with Gasteiger partial charge in [0, 0.05) is 35.7 Å². The highest BCUT2D eigenvalue weighted by Gasteiger charge is 2.10. The molecule has 3 rings (SSSR count). The maximum atomic E-state index is 5.21. The van der Waals surface area contributed by atoms with Gasteiger partial charge in [-0.2, -0.15) is 0 Å². The van der Waals surface area contributed by atoms with Crippen LogP contribution in [-0.2, 0) is 19.3 Å². The molecular weight excluding hydrogens is 435 g/mol. The smallest absolute Gasteiger partial charge is 0.00888 e. The number of nitrogens with zero attached hydrogens (tertiary/aromatic N) is 1. The molecule has 3 aromatic rings. The van der Waals surface area contributed by atoms with E-state index in [1.165, 1.54) is 16.7 Å². The Kier molecular flexibility index (Phi) is 9.63. The van der Waals surface area contributed by atoms with Crippen molar-refractivity contribution in [3.8, 4) is 0 Å². The van der Waals surface area contributed by atoms with Crippen LogP contribution in [-0.4, -0.2) is 40.6 Å². The van der Waals surface area contributed by atoms with E-state index in [4.69, 9.17) is 36.7 Å². The molecule has 0 radical (unpaired) electrons. The van der Waals surface area contributed by atoms with Crippen molar-refractivity contribution in [1.82, 2.24) is 4.90 Å². The van der Waals surface area contributed by atoms with Crippen molar-refractivity contribution in [3.05, 3.63) is 106 Å². The number of hydrogen-bond donors (Lipinski definition) is 0. The summed E-state index contributed by atoms with van der Waals surface area (Å²) in [5.41, 5.74) is 7.36. The van der Waals surface area contributed by atoms with Gasteiger partial charge < -0.3 is 4.90 Å². The van der Waals surface area contributed by atoms with Crippen molar-refractivity contribution >= 4 is 52.8 Å². The highest BCUT2D eigenvalue weighted by molar-refractivity contribution is 7.79. The minimum absolute atomic E-state index is 0.979. The van der Waals surface area contributed by atoms with Gasteiger partial charge in [-0.15, -0.1) is 0 Å². The molecule has 158 valence electrons. The molecule has 0 aromatic heterocycles. The van der Waals surface area contributed by atoms with E-state index in [2.05, 4.69) is 59.5 Å². The van der Waals surface area contributed by atoms with Gasteiger partial charge in [-0.05, 0) is 52.6 Å². The van der Waals surface area contributed by atoms with Gasteiger partial charge in [-0.25, -0.2) is 0 Å². The predicted molar refractivity (Wildman–Crippen MR) is 145 cm³/mol. The van der Waals surface area contributed by atoms with E-state index in [-0.39, 0.29) is 0 Å². The SMILES string of the molecule is S=Cc1ccccc1CCN(CCc1ccccc1C=S)CCc1ccccc1C=S. The van der Waals surface area contributed by atoms with Crippen molar-refractivity contribution in [3.63, 3.8) is 0 Å². The first kappa shape index (κ1) is 23.6. The van der Waals surface area contributed by atoms with Gasteiger partial charge in [0.1, 0.15) is 0 Å². The Balaban J connectivity index is 1.71. The molecule has 0 bridgehead atoms. The number of thiocarbonyl (C=S) groups is 3. The highest BCUT2D eigenvalue weighted by atomic mass is 32.1. The van der Waals surface area contributed by atoms with Crippen LogP contribution < -0.4 is 0 Å². The van der Waals surface area contributed by atoms with Gasteiger partial charge in [0.15, 0.2) is 0 Å². The molecule has 0 saturated heterocycles. The molecule has 0 N–H and O–H groups in total. The Bertz CT molecular complexity index is 896. The lowest BCUT2D eigenvalue weighted by Gasteiger charge is -2.23. The average molecular weight is 462 g/mol. The summed E-state index contributed by atoms with van der Waals surface area (Å²) in [5.74, 6) is 0. The summed E-state index contributed by atoms with van der Waals surface area (Å²) >= 11 is 15.6. The third-order valence-electron chi connectivity index (χ3n) is 5.64. The molecule has 0 aliphatic heterocycles. The lowest BCUT2D eigenvalue weighted by atomic mass is 10.0. The number of benzene rings is 3. The molecular formula is C27H27NS3. The van der Waals surface area contributed by atoms with E-state index in [1.807, 2.05) is 18.2 Å². The first-order valence-corrected chi connectivity index (χ1v) is 12.0. The van der Waals surface area contributed by atoms with Crippen molar-refractivity contribution < 1.29 is 0 Å². The summed E-state index contributed by atoms with van der Waals surface area (Å²) in [6.07, 6.45) is 2.94. The molecule has 0 saturated carbocycles. The van der Waals surface area contributed by atoms with Crippen molar-refractivity contribution in [2.45, 2.75) is 19.3 Å². The van der Waals surface area contributed by atoms with Crippen LogP contribution in [0.5, 0.6) is 0 Å². The molecule has 0 atom stereocenters. The van der Waals surface area contributed by atoms with E-state index in [0.29, 0.717) is 0 Å². The zero-order valence-electron chi connectivity index (χ0n) is 17.6. The quantitative estimate of drug-likeness (QED) is 0.301. The second kappa shape index (κ2) is 12.7. The Morgan fingerprint density at radius 3 is 1.06 bits per heavy atom. The summed E-state index contributed by atoms with van der Waals surface area (Å²) < 4.78 is 0. The van der Waals surface area contributed by atoms with E-state index < -0.39 is 0 Å². The van der Waals surface area contributed by atoms with Crippen LogP contribution in [0, 0.1) is 0 Å². The first-order chi connectivity index (χ1) is 15.2. The van der Waals surface area contributed by atoms with Crippen LogP contribution in [0.4, 0.5) is 0 Å². The van der Waals surface area contributed by atoms with Crippen LogP contribution in [0.3, 0.4) is 0 Å². The normalized spacial score (nSPS) is 10.7. The van der Waals surface area contributed by atoms with E-state index in [1.54, 1.807) is 16.1 Å². The van der Waals surface area contributed by atoms with E-state index in [9.17, 15) is 0 Å². The second-order valence-electron chi connectivity index (χ2n) is 7.54. The summed E-state index contributed by atoms with van der Waals surface area (Å²) in [6.45, 7) is 2.96. The minimum atomic E-state index is 0.979. The molecule has 0 heterocycles. The molecule has 1 nitrogen and oxygen atoms in total. The topological polar surface area (TPSA) is 3.24 Å². The van der Waals surface area contributed by atoms with E-state index >= 15 is 0 Å². The van der Waals surface area contributed by atoms with Gasteiger partial charge in [-0.3, -0.25) is 0 Å². The maximum absolute atomic E-state index is 5.21. The van der Waals surface area contributed by atoms with Gasteiger partial charge in [0.25, 0.3) is 0 Å². The fraction of sp³-hybridized carbons (Fsp3) is 0.222. The number of hydrogen-bond acceptors (Lipinski definition) is 4. The Morgan fingerprint density at radius 1 is 0.484 bits per heavy atom. The van der Waals surface area contributed by atoms with Gasteiger partial charge in [0.05, 0.1) is 0 Å². The third-order valence-corrected chi connectivity index (χ3v) is 6.40. The predicted octanol–water partition coefficient (Wildman–Crippen LogP) is 6.06. The zero-order chi connectivity index (χ0) is 21.9. The van der Waals surface area contributed by atoms with Crippen LogP contribution in [0.25, 0.3) is 0 Å². The fourth-order valence-electron chi connectivity index (χ4n) is 3.80. The lowest BCUT2D eigenvalue weighted by Crippen LogP contribution is -2.31. The summed E-state index contributed by atoms with van der Waals surface area (Å²) in [7, 11) is 0. The molecule has 0 aliphatic rings. The summed E-state index contributed by atoms with van der Waals surface area (Å²) in [4.78, 5) is 2.54. The molecule has 4 heteroatoms. The Morgan fingerprint density at radius 2 is 0.774 bits per heavy atom. The second-order valence-corrected chi connectivity index (χ2v) is 8.25. The van der Waals surface area contributed by atoms with Crippen molar-refractivity contribution in [2.24, 2.45) is 0 Å². The molecule has 0 unspecified atom stereocenters. The standard InChI is InChI=1S/C27H27NS3/c29-19-25-10-4-1-7-22(25)13-16-28(17-14-23-8-2-5-11-26(23)20-30)18-15-24-9-3-6-12-27(24)21-31/h1-12,19-21H,13-18H2. The minimum Gasteiger partial charge on any atom is -0.302 e. The molecule has 0 spiro atoms. The fourth-order valence-corrected chi connectivity index (χ4v) is 4.49. The largest absolute Gasteiger partial charge is 0.302 e. The van der Waals surface area contributed by atoms with Crippen LogP contribution >= 0.6 is 36.7 Å². The summed E-state index contributed by atoms with van der Waals surface area (Å²) in [6, 6.07) is 25.2. The van der Waals surface area contributed by atoms with Crippen LogP contribution in [0.2, 0.25) is 0 Å². The Labute approximate surface area is 202 Å². The molecule has 0 amide bonds.